The Morgan fingerprint density at radius 3 is 1.62 bits per heavy atom. The van der Waals surface area contributed by atoms with Crippen LogP contribution < -0.4 is 5.46 Å². The quantitative estimate of drug-likeness (QED) is 0.376. The smallest absolute Gasteiger partial charge is 0.423 e. The molecule has 4 heteroatoms. The summed E-state index contributed by atoms with van der Waals surface area (Å²) in [6.45, 7) is 2.94. The molecule has 0 amide bonds. The van der Waals surface area contributed by atoms with Crippen molar-refractivity contribution in [3.8, 4) is 0 Å². The molecule has 4 aromatic rings. The Labute approximate surface area is 189 Å². The molecule has 5 rings (SSSR count). The molecule has 0 spiro atoms. The van der Waals surface area contributed by atoms with Gasteiger partial charge in [-0.15, -0.1) is 0 Å². The van der Waals surface area contributed by atoms with Crippen molar-refractivity contribution in [3.05, 3.63) is 137 Å². The summed E-state index contributed by atoms with van der Waals surface area (Å²) in [6.07, 6.45) is 0. The molecule has 1 unspecified atom stereocenters. The second-order valence-corrected chi connectivity index (χ2v) is 8.44. The predicted molar refractivity (Wildman–Crippen MR) is 129 cm³/mol. The van der Waals surface area contributed by atoms with Crippen molar-refractivity contribution in [1.29, 1.82) is 0 Å². The molecular formula is C28H26BNO2. The summed E-state index contributed by atoms with van der Waals surface area (Å²) in [5.41, 5.74) is 6.01. The molecule has 2 N–H and O–H groups in total. The van der Waals surface area contributed by atoms with E-state index in [1.54, 1.807) is 0 Å². The van der Waals surface area contributed by atoms with E-state index < -0.39 is 12.7 Å². The molecule has 0 saturated carbocycles. The van der Waals surface area contributed by atoms with E-state index >= 15 is 0 Å². The molecule has 1 aliphatic rings. The van der Waals surface area contributed by atoms with Crippen molar-refractivity contribution >= 4 is 12.6 Å². The molecule has 0 radical (unpaired) electrons. The fourth-order valence-electron chi connectivity index (χ4n) is 5.26. The topological polar surface area (TPSA) is 43.7 Å². The summed E-state index contributed by atoms with van der Waals surface area (Å²) < 4.78 is 0. The van der Waals surface area contributed by atoms with E-state index in [1.807, 2.05) is 18.2 Å². The van der Waals surface area contributed by atoms with Crippen molar-refractivity contribution in [1.82, 2.24) is 4.90 Å². The molecule has 0 bridgehead atoms. The Bertz CT molecular complexity index is 1100. The summed E-state index contributed by atoms with van der Waals surface area (Å²) in [5, 5.41) is 19.4. The number of hydrogen-bond acceptors (Lipinski definition) is 3. The first-order valence-corrected chi connectivity index (χ1v) is 11.0. The van der Waals surface area contributed by atoms with Crippen molar-refractivity contribution < 1.29 is 10.0 Å². The third-order valence-electron chi connectivity index (χ3n) is 6.73. The largest absolute Gasteiger partial charge is 0.488 e. The minimum atomic E-state index is -1.47. The summed E-state index contributed by atoms with van der Waals surface area (Å²) in [4.78, 5) is 2.53. The van der Waals surface area contributed by atoms with Crippen LogP contribution in [0.25, 0.3) is 0 Å². The summed E-state index contributed by atoms with van der Waals surface area (Å²) in [6, 6.07) is 37.9. The number of fused-ring (bicyclic) bond motifs is 1. The van der Waals surface area contributed by atoms with E-state index in [2.05, 4.69) is 103 Å². The molecule has 1 atom stereocenters. The number of rotatable bonds is 5. The van der Waals surface area contributed by atoms with E-state index in [9.17, 15) is 10.0 Å². The van der Waals surface area contributed by atoms with Gasteiger partial charge in [-0.3, -0.25) is 4.90 Å². The van der Waals surface area contributed by atoms with Crippen LogP contribution in [0.1, 0.15) is 40.8 Å². The maximum atomic E-state index is 9.72. The second kappa shape index (κ2) is 8.40. The Morgan fingerprint density at radius 1 is 0.719 bits per heavy atom. The first-order chi connectivity index (χ1) is 15.6. The zero-order chi connectivity index (χ0) is 22.1. The highest BCUT2D eigenvalue weighted by Crippen LogP contribution is 2.50. The third-order valence-corrected chi connectivity index (χ3v) is 6.73. The highest BCUT2D eigenvalue weighted by molar-refractivity contribution is 6.58. The van der Waals surface area contributed by atoms with Gasteiger partial charge in [0.2, 0.25) is 0 Å². The maximum absolute atomic E-state index is 9.72. The lowest BCUT2D eigenvalue weighted by Gasteiger charge is -2.46. The molecule has 0 fully saturated rings. The second-order valence-electron chi connectivity index (χ2n) is 8.44. The molecule has 0 saturated heterocycles. The van der Waals surface area contributed by atoms with Crippen LogP contribution in [0.15, 0.2) is 109 Å². The molecule has 3 nitrogen and oxygen atoms in total. The van der Waals surface area contributed by atoms with Crippen molar-refractivity contribution in [2.45, 2.75) is 25.0 Å². The van der Waals surface area contributed by atoms with Crippen LogP contribution in [0.5, 0.6) is 0 Å². The average molecular weight is 419 g/mol. The van der Waals surface area contributed by atoms with Crippen LogP contribution in [0.4, 0.5) is 0 Å². The Morgan fingerprint density at radius 2 is 1.19 bits per heavy atom. The lowest BCUT2D eigenvalue weighted by molar-refractivity contribution is 0.118. The Balaban J connectivity index is 1.77. The van der Waals surface area contributed by atoms with E-state index in [1.165, 1.54) is 22.3 Å². The van der Waals surface area contributed by atoms with Gasteiger partial charge >= 0.3 is 7.12 Å². The van der Waals surface area contributed by atoms with Gasteiger partial charge in [0.25, 0.3) is 0 Å². The highest BCUT2D eigenvalue weighted by atomic mass is 16.4. The van der Waals surface area contributed by atoms with Crippen molar-refractivity contribution in [3.63, 3.8) is 0 Å². The van der Waals surface area contributed by atoms with Gasteiger partial charge in [0.05, 0.1) is 5.54 Å². The molecule has 0 aromatic heterocycles. The zero-order valence-electron chi connectivity index (χ0n) is 18.1. The predicted octanol–water partition coefficient (Wildman–Crippen LogP) is 4.24. The van der Waals surface area contributed by atoms with Crippen LogP contribution in [0, 0.1) is 0 Å². The maximum Gasteiger partial charge on any atom is 0.488 e. The minimum absolute atomic E-state index is 0.135. The van der Waals surface area contributed by atoms with Gasteiger partial charge in [-0.25, -0.2) is 0 Å². The van der Waals surface area contributed by atoms with E-state index in [-0.39, 0.29) is 6.04 Å². The van der Waals surface area contributed by atoms with Gasteiger partial charge < -0.3 is 10.0 Å². The summed E-state index contributed by atoms with van der Waals surface area (Å²) in [7, 11) is -1.47. The van der Waals surface area contributed by atoms with E-state index in [0.717, 1.165) is 5.56 Å². The van der Waals surface area contributed by atoms with Gasteiger partial charge in [0, 0.05) is 12.6 Å². The lowest BCUT2D eigenvalue weighted by atomic mass is 9.75. The zero-order valence-corrected chi connectivity index (χ0v) is 18.1. The van der Waals surface area contributed by atoms with Crippen LogP contribution in [-0.4, -0.2) is 22.1 Å². The SMILES string of the molecule is CC1c2ccc(B(O)O)cc2CN1C(c1ccccc1)(c1ccccc1)c1ccccc1. The molecule has 4 aromatic carbocycles. The standard InChI is InChI=1S/C28H26BNO2/c1-21-27-18-17-26(29(31)32)19-22(27)20-30(21)28(23-11-5-2-6-12-23,24-13-7-3-8-14-24)25-15-9-4-10-16-25/h2-19,21,31-32H,20H2,1H3. The fourth-order valence-corrected chi connectivity index (χ4v) is 5.26. The van der Waals surface area contributed by atoms with Crippen LogP contribution in [0.2, 0.25) is 0 Å². The Kier molecular flexibility index (Phi) is 5.44. The Hall–Kier alpha value is -3.18. The first-order valence-electron chi connectivity index (χ1n) is 11.0. The van der Waals surface area contributed by atoms with Gasteiger partial charge in [0.15, 0.2) is 0 Å². The normalized spacial score (nSPS) is 16.0. The number of hydrogen-bond donors (Lipinski definition) is 2. The van der Waals surface area contributed by atoms with Gasteiger partial charge in [-0.05, 0) is 40.2 Å². The molecule has 1 heterocycles. The average Bonchev–Trinajstić information content (AvgIpc) is 3.18. The molecular weight excluding hydrogens is 393 g/mol. The van der Waals surface area contributed by atoms with Crippen molar-refractivity contribution in [2.75, 3.05) is 0 Å². The first kappa shape index (κ1) is 20.7. The molecule has 1 aliphatic heterocycles. The molecule has 0 aliphatic carbocycles. The molecule has 158 valence electrons. The van der Waals surface area contributed by atoms with Gasteiger partial charge in [-0.1, -0.05) is 109 Å². The van der Waals surface area contributed by atoms with Crippen molar-refractivity contribution in [2.24, 2.45) is 0 Å². The van der Waals surface area contributed by atoms with Gasteiger partial charge in [-0.2, -0.15) is 0 Å². The number of nitrogens with zero attached hydrogens (tertiary/aromatic N) is 1. The summed E-state index contributed by atoms with van der Waals surface area (Å²) >= 11 is 0. The van der Waals surface area contributed by atoms with E-state index in [0.29, 0.717) is 12.0 Å². The molecule has 32 heavy (non-hydrogen) atoms. The third kappa shape index (κ3) is 3.28. The summed E-state index contributed by atoms with van der Waals surface area (Å²) in [5.74, 6) is 0. The monoisotopic (exact) mass is 419 g/mol. The number of benzene rings is 4. The van der Waals surface area contributed by atoms with Crippen LogP contribution in [-0.2, 0) is 12.1 Å². The lowest BCUT2D eigenvalue weighted by Crippen LogP contribution is -2.46. The highest BCUT2D eigenvalue weighted by Gasteiger charge is 2.47. The van der Waals surface area contributed by atoms with Crippen LogP contribution >= 0.6 is 0 Å². The van der Waals surface area contributed by atoms with E-state index in [4.69, 9.17) is 0 Å². The fraction of sp³-hybridized carbons (Fsp3) is 0.143. The van der Waals surface area contributed by atoms with Crippen LogP contribution in [0.3, 0.4) is 0 Å². The van der Waals surface area contributed by atoms with Gasteiger partial charge in [0.1, 0.15) is 0 Å². The minimum Gasteiger partial charge on any atom is -0.423 e.